The molecule has 2 atom stereocenters. The molecule has 4 rings (SSSR count). The molecule has 192 valence electrons. The van der Waals surface area contributed by atoms with E-state index in [1.807, 2.05) is 6.07 Å². The molecule has 0 saturated carbocycles. The molecule has 2 heterocycles. The predicted molar refractivity (Wildman–Crippen MR) is 112 cm³/mol. The minimum Gasteiger partial charge on any atom is -0.495 e. The first kappa shape index (κ1) is 25.5. The van der Waals surface area contributed by atoms with Crippen LogP contribution in [0, 0.1) is 5.92 Å². The van der Waals surface area contributed by atoms with Gasteiger partial charge in [-0.3, -0.25) is 4.98 Å². The fourth-order valence-corrected chi connectivity index (χ4v) is 4.64. The standard InChI is InChI=1S/C23H24F6N2O4/c1-34-18-12-16-13(11-17(18)31-5-7-35-8-6-31)9-14(20(16)32)10-15-3-2-4-19(30-15)21(33,22(24,25)26)23(27,28)29/h2-4,11-12,14,20,32-33H,5-10H2,1H3. The summed E-state index contributed by atoms with van der Waals surface area (Å²) in [5, 5.41) is 20.5. The predicted octanol–water partition coefficient (Wildman–Crippen LogP) is 3.69. The number of ether oxygens (including phenoxy) is 2. The lowest BCUT2D eigenvalue weighted by Gasteiger charge is -2.32. The van der Waals surface area contributed by atoms with E-state index >= 15 is 0 Å². The fraction of sp³-hybridized carbons (Fsp3) is 0.522. The Morgan fingerprint density at radius 3 is 2.34 bits per heavy atom. The molecule has 1 fully saturated rings. The number of hydrogen-bond acceptors (Lipinski definition) is 6. The van der Waals surface area contributed by atoms with Gasteiger partial charge in [-0.1, -0.05) is 6.07 Å². The number of fused-ring (bicyclic) bond motifs is 1. The van der Waals surface area contributed by atoms with Gasteiger partial charge in [0.05, 0.1) is 37.8 Å². The van der Waals surface area contributed by atoms with Gasteiger partial charge in [-0.15, -0.1) is 0 Å². The van der Waals surface area contributed by atoms with Gasteiger partial charge in [0.1, 0.15) is 5.75 Å². The van der Waals surface area contributed by atoms with Crippen molar-refractivity contribution < 1.29 is 46.0 Å². The molecule has 1 aliphatic heterocycles. The maximum absolute atomic E-state index is 13.3. The summed E-state index contributed by atoms with van der Waals surface area (Å²) in [4.78, 5) is 5.60. The molecule has 2 aliphatic rings. The Bertz CT molecular complexity index is 1050. The SMILES string of the molecule is COc1cc2c(cc1N1CCOCC1)CC(Cc1cccc(C(O)(C(F)(F)F)C(F)(F)F)n1)C2O. The highest BCUT2D eigenvalue weighted by molar-refractivity contribution is 5.63. The molecule has 2 unspecified atom stereocenters. The van der Waals surface area contributed by atoms with Crippen molar-refractivity contribution >= 4 is 5.69 Å². The minimum atomic E-state index is -6.02. The first-order valence-electron chi connectivity index (χ1n) is 10.9. The smallest absolute Gasteiger partial charge is 0.432 e. The number of hydrogen-bond donors (Lipinski definition) is 2. The first-order valence-corrected chi connectivity index (χ1v) is 10.9. The zero-order valence-corrected chi connectivity index (χ0v) is 18.7. The number of morpholine rings is 1. The maximum Gasteiger partial charge on any atom is 0.432 e. The molecule has 0 bridgehead atoms. The van der Waals surface area contributed by atoms with Crippen molar-refractivity contribution in [3.8, 4) is 5.75 Å². The zero-order chi connectivity index (χ0) is 25.6. The lowest BCUT2D eigenvalue weighted by atomic mass is 9.94. The van der Waals surface area contributed by atoms with Gasteiger partial charge in [0.2, 0.25) is 0 Å². The Labute approximate surface area is 197 Å². The van der Waals surface area contributed by atoms with Crippen LogP contribution >= 0.6 is 0 Å². The number of aliphatic hydroxyl groups is 2. The number of benzene rings is 1. The van der Waals surface area contributed by atoms with Gasteiger partial charge in [-0.25, -0.2) is 0 Å². The number of nitrogens with zero attached hydrogens (tertiary/aromatic N) is 2. The van der Waals surface area contributed by atoms with Crippen LogP contribution < -0.4 is 9.64 Å². The highest BCUT2D eigenvalue weighted by Crippen LogP contribution is 2.49. The van der Waals surface area contributed by atoms with Crippen LogP contribution in [0.2, 0.25) is 0 Å². The second-order valence-electron chi connectivity index (χ2n) is 8.66. The summed E-state index contributed by atoms with van der Waals surface area (Å²) in [6.07, 6.45) is -12.8. The molecule has 1 aliphatic carbocycles. The van der Waals surface area contributed by atoms with Crippen LogP contribution in [-0.2, 0) is 23.2 Å². The van der Waals surface area contributed by atoms with E-state index in [9.17, 15) is 36.6 Å². The summed E-state index contributed by atoms with van der Waals surface area (Å²) in [5.41, 5.74) is -4.55. The van der Waals surface area contributed by atoms with E-state index in [1.54, 1.807) is 6.07 Å². The zero-order valence-electron chi connectivity index (χ0n) is 18.7. The van der Waals surface area contributed by atoms with Gasteiger partial charge in [-0.2, -0.15) is 26.3 Å². The Balaban J connectivity index is 1.60. The summed E-state index contributed by atoms with van der Waals surface area (Å²) in [7, 11) is 1.50. The molecule has 12 heteroatoms. The third-order valence-corrected chi connectivity index (χ3v) is 6.51. The molecule has 1 aromatic carbocycles. The molecule has 0 spiro atoms. The van der Waals surface area contributed by atoms with Crippen LogP contribution in [0.5, 0.6) is 5.75 Å². The van der Waals surface area contributed by atoms with Gasteiger partial charge in [0.25, 0.3) is 5.60 Å². The number of rotatable bonds is 5. The third-order valence-electron chi connectivity index (χ3n) is 6.51. The van der Waals surface area contributed by atoms with Crippen LogP contribution in [0.3, 0.4) is 0 Å². The number of aliphatic hydroxyl groups excluding tert-OH is 1. The van der Waals surface area contributed by atoms with Crippen molar-refractivity contribution in [2.24, 2.45) is 5.92 Å². The molecule has 6 nitrogen and oxygen atoms in total. The molecule has 2 aromatic rings. The fourth-order valence-electron chi connectivity index (χ4n) is 4.64. The first-order chi connectivity index (χ1) is 16.4. The van der Waals surface area contributed by atoms with Crippen LogP contribution in [0.4, 0.5) is 32.0 Å². The molecular weight excluding hydrogens is 482 g/mol. The average molecular weight is 506 g/mol. The van der Waals surface area contributed by atoms with Crippen molar-refractivity contribution in [3.05, 3.63) is 52.8 Å². The van der Waals surface area contributed by atoms with Gasteiger partial charge in [-0.05, 0) is 54.2 Å². The van der Waals surface area contributed by atoms with E-state index in [-0.39, 0.29) is 12.1 Å². The van der Waals surface area contributed by atoms with Crippen molar-refractivity contribution in [1.29, 1.82) is 0 Å². The number of pyridine rings is 1. The minimum absolute atomic E-state index is 0.0926. The van der Waals surface area contributed by atoms with Crippen LogP contribution in [0.1, 0.15) is 28.6 Å². The quantitative estimate of drug-likeness (QED) is 0.603. The van der Waals surface area contributed by atoms with E-state index in [1.165, 1.54) is 13.2 Å². The van der Waals surface area contributed by atoms with Crippen molar-refractivity contribution in [3.63, 3.8) is 0 Å². The number of halogens is 6. The molecular formula is C23H24F6N2O4. The second-order valence-corrected chi connectivity index (χ2v) is 8.66. The Kier molecular flexibility index (Phi) is 6.66. The number of aromatic nitrogens is 1. The maximum atomic E-state index is 13.3. The summed E-state index contributed by atoms with van der Waals surface area (Å²) in [6, 6.07) is 6.34. The topological polar surface area (TPSA) is 75.1 Å². The van der Waals surface area contributed by atoms with Gasteiger partial charge < -0.3 is 24.6 Å². The van der Waals surface area contributed by atoms with E-state index in [2.05, 4.69) is 9.88 Å². The van der Waals surface area contributed by atoms with Gasteiger partial charge >= 0.3 is 12.4 Å². The number of anilines is 1. The third kappa shape index (κ3) is 4.54. The highest BCUT2D eigenvalue weighted by atomic mass is 19.4. The van der Waals surface area contributed by atoms with Crippen molar-refractivity contribution in [1.82, 2.24) is 4.98 Å². The van der Waals surface area contributed by atoms with E-state index in [0.29, 0.717) is 50.1 Å². The summed E-state index contributed by atoms with van der Waals surface area (Å²) in [5.74, 6) is 0.00755. The van der Waals surface area contributed by atoms with Crippen LogP contribution in [0.15, 0.2) is 30.3 Å². The Hall–Kier alpha value is -2.57. The van der Waals surface area contributed by atoms with Crippen molar-refractivity contribution in [2.75, 3.05) is 38.3 Å². The monoisotopic (exact) mass is 506 g/mol. The number of methoxy groups -OCH3 is 1. The van der Waals surface area contributed by atoms with Gasteiger partial charge in [0.15, 0.2) is 0 Å². The van der Waals surface area contributed by atoms with E-state index in [0.717, 1.165) is 17.3 Å². The van der Waals surface area contributed by atoms with Gasteiger partial charge in [0, 0.05) is 18.8 Å². The lowest BCUT2D eigenvalue weighted by Crippen LogP contribution is -2.54. The molecule has 35 heavy (non-hydrogen) atoms. The summed E-state index contributed by atoms with van der Waals surface area (Å²) >= 11 is 0. The lowest BCUT2D eigenvalue weighted by molar-refractivity contribution is -0.377. The molecule has 1 saturated heterocycles. The molecule has 0 amide bonds. The molecule has 0 radical (unpaired) electrons. The Morgan fingerprint density at radius 1 is 1.09 bits per heavy atom. The van der Waals surface area contributed by atoms with E-state index < -0.39 is 35.7 Å². The molecule has 1 aromatic heterocycles. The normalized spacial score (nSPS) is 21.2. The largest absolute Gasteiger partial charge is 0.495 e. The molecule has 2 N–H and O–H groups in total. The van der Waals surface area contributed by atoms with Crippen LogP contribution in [0.25, 0.3) is 0 Å². The summed E-state index contributed by atoms with van der Waals surface area (Å²) < 4.78 is 90.4. The highest BCUT2D eigenvalue weighted by Gasteiger charge is 2.72. The Morgan fingerprint density at radius 2 is 1.74 bits per heavy atom. The second kappa shape index (κ2) is 9.14. The van der Waals surface area contributed by atoms with Crippen LogP contribution in [-0.4, -0.2) is 61.0 Å². The average Bonchev–Trinajstić information content (AvgIpc) is 3.11. The summed E-state index contributed by atoms with van der Waals surface area (Å²) in [6.45, 7) is 2.41. The van der Waals surface area contributed by atoms with Crippen molar-refractivity contribution in [2.45, 2.75) is 36.9 Å². The number of alkyl halides is 6. The van der Waals surface area contributed by atoms with E-state index in [4.69, 9.17) is 9.47 Å².